The Hall–Kier alpha value is -2.44. The molecule has 0 aromatic carbocycles. The molecule has 0 fully saturated rings. The molecule has 214 valence electrons. The Bertz CT molecular complexity index is 716. The first kappa shape index (κ1) is 34.6. The van der Waals surface area contributed by atoms with E-state index in [1.807, 2.05) is 13.8 Å². The number of amides is 1. The van der Waals surface area contributed by atoms with Crippen LogP contribution in [0, 0.1) is 17.8 Å². The zero-order valence-electron chi connectivity index (χ0n) is 22.5. The number of hydrogen-bond donors (Lipinski definition) is 1. The number of ketones is 2. The molecule has 0 rings (SSSR count). The van der Waals surface area contributed by atoms with Gasteiger partial charge in [-0.2, -0.15) is 0 Å². The van der Waals surface area contributed by atoms with Crippen LogP contribution in [-0.4, -0.2) is 95.5 Å². The molecule has 0 bridgehead atoms. The van der Waals surface area contributed by atoms with Gasteiger partial charge in [0.05, 0.1) is 65.1 Å². The highest BCUT2D eigenvalue weighted by atomic mass is 19.1. The van der Waals surface area contributed by atoms with Gasteiger partial charge in [-0.05, 0) is 12.8 Å². The minimum Gasteiger partial charge on any atom is -0.469 e. The van der Waals surface area contributed by atoms with E-state index in [1.54, 1.807) is 13.8 Å². The summed E-state index contributed by atoms with van der Waals surface area (Å²) in [5.41, 5.74) is 0. The number of esters is 2. The van der Waals surface area contributed by atoms with Crippen LogP contribution >= 0.6 is 0 Å². The number of rotatable bonds is 22. The summed E-state index contributed by atoms with van der Waals surface area (Å²) in [5.74, 6) is -3.74. The van der Waals surface area contributed by atoms with Crippen LogP contribution < -0.4 is 5.32 Å². The SMILES string of the molecule is CCC(=O)C(CC(=O)OC)CC(=O)C(C)NC(=O)C(COCCOCCOCCOC(=O)CF)C(C)C. The van der Waals surface area contributed by atoms with Gasteiger partial charge in [0, 0.05) is 18.8 Å². The fourth-order valence-corrected chi connectivity index (χ4v) is 3.17. The van der Waals surface area contributed by atoms with Crippen LogP contribution in [0.4, 0.5) is 4.39 Å². The maximum absolute atomic E-state index is 12.8. The van der Waals surface area contributed by atoms with Crippen molar-refractivity contribution in [3.63, 3.8) is 0 Å². The van der Waals surface area contributed by atoms with Gasteiger partial charge < -0.3 is 29.0 Å². The van der Waals surface area contributed by atoms with Gasteiger partial charge in [0.25, 0.3) is 0 Å². The fourth-order valence-electron chi connectivity index (χ4n) is 3.17. The number of carbonyl (C=O) groups excluding carboxylic acids is 5. The summed E-state index contributed by atoms with van der Waals surface area (Å²) in [6, 6.07) is -0.831. The Morgan fingerprint density at radius 2 is 1.35 bits per heavy atom. The van der Waals surface area contributed by atoms with Crippen LogP contribution in [-0.2, 0) is 47.7 Å². The van der Waals surface area contributed by atoms with Crippen LogP contribution in [0.15, 0.2) is 0 Å². The van der Waals surface area contributed by atoms with Crippen LogP contribution in [0.1, 0.15) is 47.0 Å². The molecule has 0 aliphatic heterocycles. The molecule has 0 saturated heterocycles. The maximum Gasteiger partial charge on any atom is 0.337 e. The molecule has 1 amide bonds. The minimum absolute atomic E-state index is 0.0281. The Labute approximate surface area is 218 Å². The molecule has 0 radical (unpaired) electrons. The van der Waals surface area contributed by atoms with Gasteiger partial charge in [-0.1, -0.05) is 20.8 Å². The number of hydrogen-bond acceptors (Lipinski definition) is 10. The Kier molecular flexibility index (Phi) is 19.2. The van der Waals surface area contributed by atoms with E-state index in [-0.39, 0.29) is 88.9 Å². The van der Waals surface area contributed by atoms with Crippen molar-refractivity contribution in [2.24, 2.45) is 17.8 Å². The highest BCUT2D eigenvalue weighted by Crippen LogP contribution is 2.16. The minimum atomic E-state index is -1.17. The first-order chi connectivity index (χ1) is 17.6. The van der Waals surface area contributed by atoms with Crippen molar-refractivity contribution in [1.82, 2.24) is 5.32 Å². The average molecular weight is 536 g/mol. The molecule has 0 aromatic heterocycles. The van der Waals surface area contributed by atoms with Gasteiger partial charge in [-0.15, -0.1) is 0 Å². The molecular weight excluding hydrogens is 493 g/mol. The van der Waals surface area contributed by atoms with Crippen LogP contribution in [0.5, 0.6) is 0 Å². The zero-order valence-corrected chi connectivity index (χ0v) is 22.5. The van der Waals surface area contributed by atoms with Crippen molar-refractivity contribution in [2.75, 3.05) is 60.0 Å². The lowest BCUT2D eigenvalue weighted by Crippen LogP contribution is -2.45. The van der Waals surface area contributed by atoms with E-state index in [0.717, 1.165) is 0 Å². The first-order valence-corrected chi connectivity index (χ1v) is 12.4. The second-order valence-electron chi connectivity index (χ2n) is 8.70. The normalized spacial score (nSPS) is 13.5. The number of ether oxygens (including phenoxy) is 5. The number of nitrogens with one attached hydrogen (secondary N) is 1. The summed E-state index contributed by atoms with van der Waals surface area (Å²) in [6.45, 7) is 7.07. The molecule has 0 saturated carbocycles. The van der Waals surface area contributed by atoms with Crippen molar-refractivity contribution < 1.29 is 52.0 Å². The molecule has 0 spiro atoms. The van der Waals surface area contributed by atoms with Gasteiger partial charge in [0.15, 0.2) is 12.5 Å². The van der Waals surface area contributed by atoms with E-state index in [4.69, 9.17) is 14.2 Å². The summed E-state index contributed by atoms with van der Waals surface area (Å²) < 4.78 is 37.1. The highest BCUT2D eigenvalue weighted by molar-refractivity contribution is 5.94. The third kappa shape index (κ3) is 16.1. The summed E-state index contributed by atoms with van der Waals surface area (Å²) >= 11 is 0. The second kappa shape index (κ2) is 20.6. The van der Waals surface area contributed by atoms with E-state index < -0.39 is 36.5 Å². The smallest absolute Gasteiger partial charge is 0.337 e. The predicted molar refractivity (Wildman–Crippen MR) is 130 cm³/mol. The number of halogens is 1. The van der Waals surface area contributed by atoms with Gasteiger partial charge in [-0.3, -0.25) is 19.2 Å². The lowest BCUT2D eigenvalue weighted by molar-refractivity contribution is -0.146. The molecule has 0 aromatic rings. The van der Waals surface area contributed by atoms with Gasteiger partial charge >= 0.3 is 11.9 Å². The Balaban J connectivity index is 4.37. The largest absolute Gasteiger partial charge is 0.469 e. The molecule has 0 heterocycles. The Morgan fingerprint density at radius 3 is 1.86 bits per heavy atom. The Morgan fingerprint density at radius 1 is 0.784 bits per heavy atom. The standard InChI is InChI=1S/C25H42FNO10/c1-6-21(28)19(14-23(30)33-5)13-22(29)18(4)27-25(32)20(17(2)3)16-36-10-9-34-7-8-35-11-12-37-24(31)15-26/h17-20H,6-16H2,1-5H3,(H,27,32). The molecular formula is C25H42FNO10. The monoisotopic (exact) mass is 535 g/mol. The fraction of sp³-hybridized carbons (Fsp3) is 0.800. The highest BCUT2D eigenvalue weighted by Gasteiger charge is 2.29. The van der Waals surface area contributed by atoms with Gasteiger partial charge in [0.2, 0.25) is 5.91 Å². The zero-order chi connectivity index (χ0) is 28.2. The molecule has 0 aliphatic carbocycles. The lowest BCUT2D eigenvalue weighted by atomic mass is 9.90. The third-order valence-corrected chi connectivity index (χ3v) is 5.52. The average Bonchev–Trinajstić information content (AvgIpc) is 2.87. The van der Waals surface area contributed by atoms with Crippen molar-refractivity contribution >= 4 is 29.4 Å². The summed E-state index contributed by atoms with van der Waals surface area (Å²) in [7, 11) is 1.22. The van der Waals surface area contributed by atoms with Crippen molar-refractivity contribution in [1.29, 1.82) is 0 Å². The third-order valence-electron chi connectivity index (χ3n) is 5.52. The molecule has 3 unspecified atom stereocenters. The number of Topliss-reactive ketones (excluding diaryl/α,β-unsaturated/α-hetero) is 2. The quantitative estimate of drug-likeness (QED) is 0.160. The van der Waals surface area contributed by atoms with E-state index in [0.29, 0.717) is 0 Å². The second-order valence-corrected chi connectivity index (χ2v) is 8.70. The van der Waals surface area contributed by atoms with E-state index in [9.17, 15) is 28.4 Å². The van der Waals surface area contributed by atoms with Gasteiger partial charge in [-0.25, -0.2) is 9.18 Å². The molecule has 37 heavy (non-hydrogen) atoms. The van der Waals surface area contributed by atoms with Crippen LogP contribution in [0.2, 0.25) is 0 Å². The topological polar surface area (TPSA) is 144 Å². The molecule has 0 aliphatic rings. The lowest BCUT2D eigenvalue weighted by Gasteiger charge is -2.23. The maximum atomic E-state index is 12.8. The number of alkyl halides is 1. The van der Waals surface area contributed by atoms with E-state index in [2.05, 4.69) is 14.8 Å². The first-order valence-electron chi connectivity index (χ1n) is 12.4. The van der Waals surface area contributed by atoms with E-state index in [1.165, 1.54) is 7.11 Å². The molecule has 11 nitrogen and oxygen atoms in total. The molecule has 3 atom stereocenters. The molecule has 12 heteroatoms. The van der Waals surface area contributed by atoms with Crippen LogP contribution in [0.3, 0.4) is 0 Å². The van der Waals surface area contributed by atoms with Crippen LogP contribution in [0.25, 0.3) is 0 Å². The predicted octanol–water partition coefficient (Wildman–Crippen LogP) is 1.44. The van der Waals surface area contributed by atoms with Crippen molar-refractivity contribution in [3.8, 4) is 0 Å². The van der Waals surface area contributed by atoms with Gasteiger partial charge in [0.1, 0.15) is 12.4 Å². The van der Waals surface area contributed by atoms with Crippen molar-refractivity contribution in [2.45, 2.75) is 53.0 Å². The van der Waals surface area contributed by atoms with E-state index >= 15 is 0 Å². The molecule has 1 N–H and O–H groups in total. The summed E-state index contributed by atoms with van der Waals surface area (Å²) in [4.78, 5) is 59.8. The number of methoxy groups -OCH3 is 1. The summed E-state index contributed by atoms with van der Waals surface area (Å²) in [6.07, 6.45) is -0.143. The summed E-state index contributed by atoms with van der Waals surface area (Å²) in [5, 5.41) is 2.69. The van der Waals surface area contributed by atoms with Crippen molar-refractivity contribution in [3.05, 3.63) is 0 Å². The number of carbonyl (C=O) groups is 5.